The molecule has 0 saturated carbocycles. The molecule has 20 heavy (non-hydrogen) atoms. The van der Waals surface area contributed by atoms with Crippen molar-refractivity contribution in [2.75, 3.05) is 18.6 Å². The lowest BCUT2D eigenvalue weighted by molar-refractivity contribution is 0.118. The van der Waals surface area contributed by atoms with Crippen molar-refractivity contribution in [3.63, 3.8) is 0 Å². The summed E-state index contributed by atoms with van der Waals surface area (Å²) in [5.74, 6) is 1.49. The molecule has 108 valence electrons. The summed E-state index contributed by atoms with van der Waals surface area (Å²) in [5, 5.41) is 8.02. The van der Waals surface area contributed by atoms with Crippen molar-refractivity contribution in [2.24, 2.45) is 0 Å². The number of methoxy groups -OCH3 is 1. The van der Waals surface area contributed by atoms with Crippen LogP contribution in [0.15, 0.2) is 4.42 Å². The summed E-state index contributed by atoms with van der Waals surface area (Å²) in [5.41, 5.74) is 2.10. The average Bonchev–Trinajstić information content (AvgIpc) is 3.09. The molecule has 3 heterocycles. The number of aryl methyl sites for hydroxylation is 3. The van der Waals surface area contributed by atoms with Crippen molar-refractivity contribution >= 4 is 6.01 Å². The van der Waals surface area contributed by atoms with Crippen molar-refractivity contribution in [1.82, 2.24) is 20.2 Å². The standard InChI is InChI=1S/C13H19N5O2/c1-7-8(2)15-12(14-7)11-5-10(19-4)6-18(11)13-17-16-9(3)20-13/h10-11H,5-6H2,1-4H3,(H,14,15)/t10-,11+/m1/s1. The number of nitrogens with zero attached hydrogens (tertiary/aromatic N) is 4. The average molecular weight is 277 g/mol. The van der Waals surface area contributed by atoms with Crippen LogP contribution in [-0.2, 0) is 4.74 Å². The van der Waals surface area contributed by atoms with E-state index in [9.17, 15) is 0 Å². The third kappa shape index (κ3) is 2.18. The first-order chi connectivity index (χ1) is 9.58. The second-order valence-electron chi connectivity index (χ2n) is 5.20. The SMILES string of the molecule is CO[C@@H]1C[C@@H](c2nc(C)c(C)[nH]2)N(c2nnc(C)o2)C1. The molecule has 1 saturated heterocycles. The summed E-state index contributed by atoms with van der Waals surface area (Å²) < 4.78 is 11.0. The Balaban J connectivity index is 1.93. The topological polar surface area (TPSA) is 80.1 Å². The summed E-state index contributed by atoms with van der Waals surface area (Å²) in [6, 6.07) is 0.603. The molecular weight excluding hydrogens is 258 g/mol. The van der Waals surface area contributed by atoms with Gasteiger partial charge in [-0.05, 0) is 13.8 Å². The smallest absolute Gasteiger partial charge is 0.318 e. The first-order valence-electron chi connectivity index (χ1n) is 6.71. The molecule has 1 aliphatic rings. The quantitative estimate of drug-likeness (QED) is 0.919. The molecule has 0 spiro atoms. The second kappa shape index (κ2) is 4.90. The lowest BCUT2D eigenvalue weighted by atomic mass is 10.2. The molecule has 2 atom stereocenters. The first kappa shape index (κ1) is 13.1. The molecule has 7 nitrogen and oxygen atoms in total. The molecule has 0 aromatic carbocycles. The molecule has 1 aliphatic heterocycles. The predicted octanol–water partition coefficient (Wildman–Crippen LogP) is 1.68. The van der Waals surface area contributed by atoms with Gasteiger partial charge in [-0.1, -0.05) is 5.10 Å². The van der Waals surface area contributed by atoms with Crippen molar-refractivity contribution in [2.45, 2.75) is 39.3 Å². The molecule has 3 rings (SSSR count). The number of nitrogens with one attached hydrogen (secondary N) is 1. The highest BCUT2D eigenvalue weighted by Gasteiger charge is 2.38. The Kier molecular flexibility index (Phi) is 3.21. The van der Waals surface area contributed by atoms with Crippen molar-refractivity contribution in [3.8, 4) is 0 Å². The van der Waals surface area contributed by atoms with Crippen molar-refractivity contribution in [1.29, 1.82) is 0 Å². The Morgan fingerprint density at radius 2 is 2.10 bits per heavy atom. The molecule has 2 aromatic heterocycles. The van der Waals surface area contributed by atoms with E-state index in [0.717, 1.165) is 30.2 Å². The van der Waals surface area contributed by atoms with Gasteiger partial charge in [0, 0.05) is 32.7 Å². The van der Waals surface area contributed by atoms with Crippen molar-refractivity contribution in [3.05, 3.63) is 23.1 Å². The monoisotopic (exact) mass is 277 g/mol. The van der Waals surface area contributed by atoms with E-state index in [4.69, 9.17) is 9.15 Å². The number of rotatable bonds is 3. The van der Waals surface area contributed by atoms with Crippen LogP contribution >= 0.6 is 0 Å². The van der Waals surface area contributed by atoms with E-state index >= 15 is 0 Å². The fourth-order valence-electron chi connectivity index (χ4n) is 2.57. The predicted molar refractivity (Wildman–Crippen MR) is 72.6 cm³/mol. The Hall–Kier alpha value is -1.89. The van der Waals surface area contributed by atoms with Gasteiger partial charge in [0.15, 0.2) is 0 Å². The first-order valence-corrected chi connectivity index (χ1v) is 6.71. The maximum atomic E-state index is 5.56. The van der Waals surface area contributed by atoms with E-state index in [1.165, 1.54) is 0 Å². The van der Waals surface area contributed by atoms with Crippen LogP contribution in [-0.4, -0.2) is 39.9 Å². The highest BCUT2D eigenvalue weighted by atomic mass is 16.5. The highest BCUT2D eigenvalue weighted by molar-refractivity contribution is 5.33. The number of hydrogen-bond donors (Lipinski definition) is 1. The van der Waals surface area contributed by atoms with E-state index in [0.29, 0.717) is 11.9 Å². The molecule has 0 aliphatic carbocycles. The minimum atomic E-state index is 0.0761. The minimum absolute atomic E-state index is 0.0761. The van der Waals surface area contributed by atoms with Crippen LogP contribution in [0, 0.1) is 20.8 Å². The van der Waals surface area contributed by atoms with Gasteiger partial charge in [0.1, 0.15) is 5.82 Å². The maximum Gasteiger partial charge on any atom is 0.318 e. The maximum absolute atomic E-state index is 5.56. The van der Waals surface area contributed by atoms with E-state index in [2.05, 4.69) is 25.1 Å². The number of H-pyrrole nitrogens is 1. The Morgan fingerprint density at radius 3 is 2.65 bits per heavy atom. The van der Waals surface area contributed by atoms with Crippen LogP contribution in [0.25, 0.3) is 0 Å². The molecule has 1 N–H and O–H groups in total. The van der Waals surface area contributed by atoms with Crippen LogP contribution in [0.1, 0.15) is 35.6 Å². The van der Waals surface area contributed by atoms with Gasteiger partial charge >= 0.3 is 6.01 Å². The van der Waals surface area contributed by atoms with Gasteiger partial charge in [-0.3, -0.25) is 0 Å². The number of imidazole rings is 1. The largest absolute Gasteiger partial charge is 0.408 e. The summed E-state index contributed by atoms with van der Waals surface area (Å²) in [7, 11) is 1.73. The van der Waals surface area contributed by atoms with Crippen LogP contribution < -0.4 is 4.90 Å². The molecule has 0 bridgehead atoms. The molecule has 2 aromatic rings. The van der Waals surface area contributed by atoms with Gasteiger partial charge in [0.25, 0.3) is 0 Å². The van der Waals surface area contributed by atoms with Gasteiger partial charge in [-0.2, -0.15) is 0 Å². The van der Waals surface area contributed by atoms with Crippen LogP contribution in [0.5, 0.6) is 0 Å². The van der Waals surface area contributed by atoms with Crippen LogP contribution in [0.3, 0.4) is 0 Å². The van der Waals surface area contributed by atoms with E-state index in [1.54, 1.807) is 14.0 Å². The zero-order chi connectivity index (χ0) is 14.3. The Labute approximate surface area is 117 Å². The number of hydrogen-bond acceptors (Lipinski definition) is 6. The lowest BCUT2D eigenvalue weighted by Gasteiger charge is -2.19. The van der Waals surface area contributed by atoms with E-state index < -0.39 is 0 Å². The summed E-state index contributed by atoms with van der Waals surface area (Å²) in [4.78, 5) is 10.0. The number of aromatic nitrogens is 4. The molecule has 0 unspecified atom stereocenters. The second-order valence-corrected chi connectivity index (χ2v) is 5.20. The van der Waals surface area contributed by atoms with Crippen LogP contribution in [0.4, 0.5) is 6.01 Å². The van der Waals surface area contributed by atoms with Gasteiger partial charge in [-0.25, -0.2) is 4.98 Å². The van der Waals surface area contributed by atoms with E-state index in [-0.39, 0.29) is 12.1 Å². The zero-order valence-electron chi connectivity index (χ0n) is 12.2. The van der Waals surface area contributed by atoms with Crippen molar-refractivity contribution < 1.29 is 9.15 Å². The van der Waals surface area contributed by atoms with Gasteiger partial charge in [0.05, 0.1) is 17.8 Å². The lowest BCUT2D eigenvalue weighted by Crippen LogP contribution is -2.25. The molecule has 7 heteroatoms. The Bertz CT molecular complexity index is 586. The zero-order valence-corrected chi connectivity index (χ0v) is 12.2. The normalized spacial score (nSPS) is 22.7. The molecule has 0 radical (unpaired) electrons. The Morgan fingerprint density at radius 1 is 1.30 bits per heavy atom. The summed E-state index contributed by atoms with van der Waals surface area (Å²) in [6.45, 7) is 6.53. The fourth-order valence-corrected chi connectivity index (χ4v) is 2.57. The highest BCUT2D eigenvalue weighted by Crippen LogP contribution is 2.35. The van der Waals surface area contributed by atoms with Gasteiger partial charge in [0.2, 0.25) is 5.89 Å². The molecule has 0 amide bonds. The fraction of sp³-hybridized carbons (Fsp3) is 0.615. The number of ether oxygens (including phenoxy) is 1. The van der Waals surface area contributed by atoms with Gasteiger partial charge < -0.3 is 19.0 Å². The third-order valence-corrected chi connectivity index (χ3v) is 3.82. The summed E-state index contributed by atoms with van der Waals surface area (Å²) in [6.07, 6.45) is 0.988. The van der Waals surface area contributed by atoms with E-state index in [1.807, 2.05) is 13.8 Å². The molecule has 1 fully saturated rings. The third-order valence-electron chi connectivity index (χ3n) is 3.82. The van der Waals surface area contributed by atoms with Gasteiger partial charge in [-0.15, -0.1) is 5.10 Å². The van der Waals surface area contributed by atoms with Crippen LogP contribution in [0.2, 0.25) is 0 Å². The molecular formula is C13H19N5O2. The number of anilines is 1. The minimum Gasteiger partial charge on any atom is -0.408 e. The summed E-state index contributed by atoms with van der Waals surface area (Å²) >= 11 is 0. The number of aromatic amines is 1.